The van der Waals surface area contributed by atoms with Gasteiger partial charge in [0.15, 0.2) is 11.3 Å². The number of carbonyl (C=O) groups excluding carboxylic acids is 3. The summed E-state index contributed by atoms with van der Waals surface area (Å²) in [7, 11) is 2.23. The lowest BCUT2D eigenvalue weighted by Crippen LogP contribution is -2.15. The van der Waals surface area contributed by atoms with Gasteiger partial charge in [-0.3, -0.25) is 4.79 Å². The molecular formula is C19H14F4N4O5. The van der Waals surface area contributed by atoms with Crippen molar-refractivity contribution in [2.75, 3.05) is 19.5 Å². The van der Waals surface area contributed by atoms with E-state index >= 15 is 0 Å². The number of benzene rings is 1. The smallest absolute Gasteiger partial charge is 0.337 e. The van der Waals surface area contributed by atoms with Crippen molar-refractivity contribution >= 4 is 29.2 Å². The first-order chi connectivity index (χ1) is 15.1. The third kappa shape index (κ3) is 4.50. The number of esters is 2. The van der Waals surface area contributed by atoms with Crippen molar-refractivity contribution in [3.8, 4) is 0 Å². The zero-order valence-electron chi connectivity index (χ0n) is 16.4. The van der Waals surface area contributed by atoms with E-state index in [0.717, 1.165) is 20.3 Å². The highest BCUT2D eigenvalue weighted by molar-refractivity contribution is 6.05. The van der Waals surface area contributed by atoms with Crippen LogP contribution in [0, 0.1) is 0 Å². The first-order valence-electron chi connectivity index (χ1n) is 8.74. The summed E-state index contributed by atoms with van der Waals surface area (Å²) in [5.74, 6) is -2.54. The normalized spacial score (nSPS) is 11.1. The largest absolute Gasteiger partial charge is 0.465 e. The number of alkyl halides is 4. The number of fused-ring (bicyclic) bond motifs is 1. The predicted octanol–water partition coefficient (Wildman–Crippen LogP) is 3.43. The number of aromatic nitrogens is 3. The van der Waals surface area contributed by atoms with Crippen molar-refractivity contribution in [2.24, 2.45) is 0 Å². The Balaban J connectivity index is 2.00. The molecule has 1 N–H and O–H groups in total. The minimum absolute atomic E-state index is 0.0364. The Labute approximate surface area is 176 Å². The molecule has 0 fully saturated rings. The lowest BCUT2D eigenvalue weighted by Gasteiger charge is -2.08. The average molecular weight is 454 g/mol. The molecular weight excluding hydrogens is 440 g/mol. The van der Waals surface area contributed by atoms with E-state index in [9.17, 15) is 31.9 Å². The molecule has 3 aromatic rings. The number of halogens is 4. The van der Waals surface area contributed by atoms with Crippen molar-refractivity contribution in [1.29, 1.82) is 0 Å². The Morgan fingerprint density at radius 1 is 0.906 bits per heavy atom. The van der Waals surface area contributed by atoms with Gasteiger partial charge in [-0.2, -0.15) is 5.10 Å². The lowest BCUT2D eigenvalue weighted by atomic mass is 10.1. The summed E-state index contributed by atoms with van der Waals surface area (Å²) >= 11 is 0. The van der Waals surface area contributed by atoms with Crippen molar-refractivity contribution in [3.05, 3.63) is 58.5 Å². The van der Waals surface area contributed by atoms with Crippen LogP contribution in [0.25, 0.3) is 5.65 Å². The molecule has 0 saturated heterocycles. The van der Waals surface area contributed by atoms with Crippen LogP contribution in [0.3, 0.4) is 0 Å². The number of carbonyl (C=O) groups is 3. The molecule has 0 saturated carbocycles. The molecule has 0 radical (unpaired) electrons. The fourth-order valence-corrected chi connectivity index (χ4v) is 2.76. The van der Waals surface area contributed by atoms with Gasteiger partial charge in [0, 0.05) is 11.8 Å². The Bertz CT molecular complexity index is 1180. The maximum absolute atomic E-state index is 13.3. The van der Waals surface area contributed by atoms with E-state index in [-0.39, 0.29) is 22.5 Å². The Morgan fingerprint density at radius 3 is 2.00 bits per heavy atom. The summed E-state index contributed by atoms with van der Waals surface area (Å²) in [4.78, 5) is 39.8. The fourth-order valence-electron chi connectivity index (χ4n) is 2.76. The van der Waals surface area contributed by atoms with Gasteiger partial charge < -0.3 is 14.8 Å². The second-order valence-corrected chi connectivity index (χ2v) is 6.24. The number of rotatable bonds is 6. The topological polar surface area (TPSA) is 112 Å². The number of nitrogens with one attached hydrogen (secondary N) is 1. The molecule has 9 nitrogen and oxygen atoms in total. The first kappa shape index (κ1) is 22.7. The Morgan fingerprint density at radius 2 is 1.50 bits per heavy atom. The second-order valence-electron chi connectivity index (χ2n) is 6.24. The fraction of sp³-hybridized carbons (Fsp3) is 0.211. The molecule has 0 aliphatic rings. The second kappa shape index (κ2) is 8.99. The molecule has 0 unspecified atom stereocenters. The van der Waals surface area contributed by atoms with Crippen molar-refractivity contribution in [2.45, 2.75) is 12.9 Å². The highest BCUT2D eigenvalue weighted by Gasteiger charge is 2.22. The summed E-state index contributed by atoms with van der Waals surface area (Å²) in [6, 6.07) is 5.02. The van der Waals surface area contributed by atoms with Crippen molar-refractivity contribution in [1.82, 2.24) is 14.6 Å². The standard InChI is InChI=1S/C19H14F4N4O5/c1-31-18(29)8-3-9(19(30)32-2)5-10(4-8)24-17(28)12-7-14-25-11(15(20)21)6-13(16(22)23)27(14)26-12/h3-7,15-16H,1-2H3,(H,24,28). The highest BCUT2D eigenvalue weighted by atomic mass is 19.3. The minimum atomic E-state index is -3.16. The predicted molar refractivity (Wildman–Crippen MR) is 100.0 cm³/mol. The molecule has 168 valence electrons. The first-order valence-corrected chi connectivity index (χ1v) is 8.74. The quantitative estimate of drug-likeness (QED) is 0.449. The molecule has 1 amide bonds. The van der Waals surface area contributed by atoms with E-state index in [4.69, 9.17) is 0 Å². The van der Waals surface area contributed by atoms with Gasteiger partial charge in [-0.05, 0) is 24.3 Å². The molecule has 13 heteroatoms. The molecule has 32 heavy (non-hydrogen) atoms. The number of methoxy groups -OCH3 is 2. The molecule has 0 aliphatic heterocycles. The zero-order valence-corrected chi connectivity index (χ0v) is 16.4. The monoisotopic (exact) mass is 454 g/mol. The van der Waals surface area contributed by atoms with Gasteiger partial charge in [0.2, 0.25) is 0 Å². The number of nitrogens with zero attached hydrogens (tertiary/aromatic N) is 3. The lowest BCUT2D eigenvalue weighted by molar-refractivity contribution is 0.0598. The van der Waals surface area contributed by atoms with Crippen LogP contribution in [-0.4, -0.2) is 46.7 Å². The Hall–Kier alpha value is -4.03. The minimum Gasteiger partial charge on any atom is -0.465 e. The summed E-state index contributed by atoms with van der Waals surface area (Å²) in [5.41, 5.74) is -2.77. The number of anilines is 1. The van der Waals surface area contributed by atoms with Gasteiger partial charge in [-0.15, -0.1) is 0 Å². The van der Waals surface area contributed by atoms with E-state index in [1.807, 2.05) is 0 Å². The Kier molecular flexibility index (Phi) is 6.37. The van der Waals surface area contributed by atoms with Crippen LogP contribution in [0.15, 0.2) is 30.3 Å². The zero-order chi connectivity index (χ0) is 23.6. The van der Waals surface area contributed by atoms with Crippen molar-refractivity contribution in [3.63, 3.8) is 0 Å². The molecule has 0 atom stereocenters. The van der Waals surface area contributed by atoms with E-state index in [2.05, 4.69) is 24.9 Å². The number of amides is 1. The van der Waals surface area contributed by atoms with Crippen LogP contribution >= 0.6 is 0 Å². The average Bonchev–Trinajstić information content (AvgIpc) is 3.21. The molecule has 0 bridgehead atoms. The SMILES string of the molecule is COC(=O)c1cc(NC(=O)c2cc3nc(C(F)F)cc(C(F)F)n3n2)cc(C(=O)OC)c1. The van der Waals surface area contributed by atoms with Gasteiger partial charge in [-0.25, -0.2) is 36.7 Å². The number of ether oxygens (including phenoxy) is 2. The van der Waals surface area contributed by atoms with Crippen LogP contribution in [0.4, 0.5) is 23.2 Å². The van der Waals surface area contributed by atoms with E-state index in [1.54, 1.807) is 0 Å². The van der Waals surface area contributed by atoms with Crippen LogP contribution in [0.1, 0.15) is 55.4 Å². The molecule has 1 aromatic carbocycles. The van der Waals surface area contributed by atoms with Gasteiger partial charge in [0.1, 0.15) is 11.4 Å². The highest BCUT2D eigenvalue weighted by Crippen LogP contribution is 2.26. The van der Waals surface area contributed by atoms with E-state index < -0.39 is 47.8 Å². The maximum Gasteiger partial charge on any atom is 0.337 e. The summed E-state index contributed by atoms with van der Waals surface area (Å²) < 4.78 is 62.3. The third-order valence-electron chi connectivity index (χ3n) is 4.19. The molecule has 2 aromatic heterocycles. The van der Waals surface area contributed by atoms with Gasteiger partial charge in [0.25, 0.3) is 18.8 Å². The molecule has 0 aliphatic carbocycles. The van der Waals surface area contributed by atoms with Crippen molar-refractivity contribution < 1.29 is 41.4 Å². The third-order valence-corrected chi connectivity index (χ3v) is 4.19. The number of hydrogen-bond acceptors (Lipinski definition) is 7. The van der Waals surface area contributed by atoms with E-state index in [0.29, 0.717) is 10.6 Å². The van der Waals surface area contributed by atoms with Gasteiger partial charge >= 0.3 is 11.9 Å². The summed E-state index contributed by atoms with van der Waals surface area (Å²) in [6.07, 6.45) is -6.27. The van der Waals surface area contributed by atoms with Crippen LogP contribution in [0.2, 0.25) is 0 Å². The maximum atomic E-state index is 13.3. The van der Waals surface area contributed by atoms with Crippen LogP contribution in [0.5, 0.6) is 0 Å². The van der Waals surface area contributed by atoms with Gasteiger partial charge in [-0.1, -0.05) is 0 Å². The summed E-state index contributed by atoms with van der Waals surface area (Å²) in [5, 5.41) is 6.06. The molecule has 0 spiro atoms. The number of hydrogen-bond donors (Lipinski definition) is 1. The summed E-state index contributed by atoms with van der Waals surface area (Å²) in [6.45, 7) is 0. The van der Waals surface area contributed by atoms with Gasteiger partial charge in [0.05, 0.1) is 25.3 Å². The van der Waals surface area contributed by atoms with Crippen LogP contribution in [-0.2, 0) is 9.47 Å². The molecule has 2 heterocycles. The van der Waals surface area contributed by atoms with Crippen LogP contribution < -0.4 is 5.32 Å². The van der Waals surface area contributed by atoms with E-state index in [1.165, 1.54) is 18.2 Å². The molecule has 3 rings (SSSR count).